The van der Waals surface area contributed by atoms with Gasteiger partial charge in [-0.15, -0.1) is 16.7 Å². The van der Waals surface area contributed by atoms with Crippen molar-refractivity contribution >= 4 is 29.0 Å². The molecule has 1 amide bonds. The van der Waals surface area contributed by atoms with Gasteiger partial charge in [0.05, 0.1) is 18.4 Å². The summed E-state index contributed by atoms with van der Waals surface area (Å²) in [4.78, 5) is 15.2. The zero-order valence-electron chi connectivity index (χ0n) is 12.8. The number of piperidine rings is 1. The summed E-state index contributed by atoms with van der Waals surface area (Å²) in [7, 11) is 0. The molecule has 0 aromatic carbocycles. The number of rotatable bonds is 4. The van der Waals surface area contributed by atoms with Gasteiger partial charge in [-0.05, 0) is 24.4 Å². The summed E-state index contributed by atoms with van der Waals surface area (Å²) in [6.07, 6.45) is 1.94. The van der Waals surface area contributed by atoms with E-state index in [1.807, 2.05) is 25.7 Å². The molecule has 0 bridgehead atoms. The van der Waals surface area contributed by atoms with E-state index in [-0.39, 0.29) is 17.4 Å². The summed E-state index contributed by atoms with van der Waals surface area (Å²) in [5, 5.41) is 4.14. The normalized spacial score (nSPS) is 17.2. The van der Waals surface area contributed by atoms with E-state index >= 15 is 0 Å². The van der Waals surface area contributed by atoms with Crippen LogP contribution in [0.1, 0.15) is 49.0 Å². The van der Waals surface area contributed by atoms with Crippen LogP contribution >= 0.6 is 23.1 Å². The quantitative estimate of drug-likeness (QED) is 0.796. The lowest BCUT2D eigenvalue weighted by Gasteiger charge is -2.32. The monoisotopic (exact) mass is 331 g/mol. The molecular weight excluding hydrogens is 310 g/mol. The molecule has 0 atom stereocenters. The molecule has 1 aromatic rings. The second-order valence-electron chi connectivity index (χ2n) is 6.25. The molecule has 1 fully saturated rings. The highest BCUT2D eigenvalue weighted by atomic mass is 35.5. The number of hydrogen-bond acceptors (Lipinski definition) is 5. The van der Waals surface area contributed by atoms with Gasteiger partial charge in [-0.3, -0.25) is 4.79 Å². The lowest BCUT2D eigenvalue weighted by molar-refractivity contribution is 0.0155. The van der Waals surface area contributed by atoms with Crippen LogP contribution in [0.3, 0.4) is 0 Å². The zero-order chi connectivity index (χ0) is 15.5. The third-order valence-corrected chi connectivity index (χ3v) is 4.42. The summed E-state index contributed by atoms with van der Waals surface area (Å²) >= 11 is 6.82. The van der Waals surface area contributed by atoms with Gasteiger partial charge in [0, 0.05) is 24.4 Å². The van der Waals surface area contributed by atoms with Crippen molar-refractivity contribution in [2.75, 3.05) is 25.6 Å². The van der Waals surface area contributed by atoms with Crippen molar-refractivity contribution in [2.24, 2.45) is 0 Å². The Morgan fingerprint density at radius 3 is 2.67 bits per heavy atom. The maximum atomic E-state index is 12.6. The average Bonchev–Trinajstić information content (AvgIpc) is 2.94. The Balaban J connectivity index is 1.98. The zero-order valence-corrected chi connectivity index (χ0v) is 14.3. The Kier molecular flexibility index (Phi) is 5.57. The largest absolute Gasteiger partial charge is 0.377 e. The first-order valence-corrected chi connectivity index (χ1v) is 8.54. The number of aromatic nitrogens is 2. The molecule has 21 heavy (non-hydrogen) atoms. The first kappa shape index (κ1) is 16.6. The predicted octanol–water partition coefficient (Wildman–Crippen LogP) is 2.70. The molecule has 0 unspecified atom stereocenters. The van der Waals surface area contributed by atoms with Gasteiger partial charge in [0.1, 0.15) is 4.88 Å². The highest BCUT2D eigenvalue weighted by Crippen LogP contribution is 2.27. The summed E-state index contributed by atoms with van der Waals surface area (Å²) in [6.45, 7) is 8.15. The van der Waals surface area contributed by atoms with E-state index in [0.29, 0.717) is 30.5 Å². The summed E-state index contributed by atoms with van der Waals surface area (Å²) in [5.74, 6) is 0.561. The molecule has 118 valence electrons. The first-order chi connectivity index (χ1) is 9.93. The van der Waals surface area contributed by atoms with Crippen LogP contribution in [0.2, 0.25) is 0 Å². The van der Waals surface area contributed by atoms with Crippen LogP contribution in [0.25, 0.3) is 0 Å². The fraction of sp³-hybridized carbons (Fsp3) is 0.786. The molecule has 1 saturated heterocycles. The van der Waals surface area contributed by atoms with Crippen LogP contribution < -0.4 is 0 Å². The van der Waals surface area contributed by atoms with Gasteiger partial charge < -0.3 is 9.64 Å². The molecule has 0 N–H and O–H groups in total. The van der Waals surface area contributed by atoms with E-state index in [9.17, 15) is 4.79 Å². The van der Waals surface area contributed by atoms with Gasteiger partial charge in [-0.2, -0.15) is 0 Å². The minimum atomic E-state index is -0.167. The Morgan fingerprint density at radius 2 is 2.10 bits per heavy atom. The standard InChI is InChI=1S/C14H22ClN3O2S/c1-14(2,3)12-11(21-17-16-12)13(19)18-7-4-10(5-8-18)20-9-6-15/h10H,4-9H2,1-3H3. The van der Waals surface area contributed by atoms with E-state index in [2.05, 4.69) is 9.59 Å². The van der Waals surface area contributed by atoms with Gasteiger partial charge >= 0.3 is 0 Å². The third kappa shape index (κ3) is 4.14. The molecule has 2 rings (SSSR count). The van der Waals surface area contributed by atoms with Gasteiger partial charge in [-0.1, -0.05) is 25.3 Å². The molecule has 0 spiro atoms. The van der Waals surface area contributed by atoms with Gasteiger partial charge in [0.2, 0.25) is 0 Å². The molecule has 1 aromatic heterocycles. The number of hydrogen-bond donors (Lipinski definition) is 0. The summed E-state index contributed by atoms with van der Waals surface area (Å²) in [6, 6.07) is 0. The Labute approximate surface area is 134 Å². The van der Waals surface area contributed by atoms with E-state index in [1.54, 1.807) is 0 Å². The van der Waals surface area contributed by atoms with E-state index in [0.717, 1.165) is 18.5 Å². The number of amides is 1. The van der Waals surface area contributed by atoms with Crippen molar-refractivity contribution in [2.45, 2.75) is 45.1 Å². The van der Waals surface area contributed by atoms with Crippen molar-refractivity contribution in [3.8, 4) is 0 Å². The number of carbonyl (C=O) groups is 1. The van der Waals surface area contributed by atoms with Gasteiger partial charge in [0.15, 0.2) is 0 Å². The van der Waals surface area contributed by atoms with Crippen molar-refractivity contribution in [1.82, 2.24) is 14.5 Å². The summed E-state index contributed by atoms with van der Waals surface area (Å²) in [5.41, 5.74) is 0.623. The maximum absolute atomic E-state index is 12.6. The van der Waals surface area contributed by atoms with Gasteiger partial charge in [-0.25, -0.2) is 0 Å². The van der Waals surface area contributed by atoms with Crippen LogP contribution in [0.15, 0.2) is 0 Å². The van der Waals surface area contributed by atoms with Crippen molar-refractivity contribution in [1.29, 1.82) is 0 Å². The van der Waals surface area contributed by atoms with E-state index in [1.165, 1.54) is 11.5 Å². The van der Waals surface area contributed by atoms with Crippen LogP contribution in [0, 0.1) is 0 Å². The highest BCUT2D eigenvalue weighted by molar-refractivity contribution is 7.08. The second-order valence-corrected chi connectivity index (χ2v) is 7.38. The second kappa shape index (κ2) is 7.03. The minimum absolute atomic E-state index is 0.0470. The molecular formula is C14H22ClN3O2S. The highest BCUT2D eigenvalue weighted by Gasteiger charge is 2.31. The molecule has 7 heteroatoms. The topological polar surface area (TPSA) is 55.3 Å². The number of alkyl halides is 1. The SMILES string of the molecule is CC(C)(C)c1nnsc1C(=O)N1CCC(OCCCl)CC1. The van der Waals surface area contributed by atoms with Crippen molar-refractivity contribution in [3.63, 3.8) is 0 Å². The van der Waals surface area contributed by atoms with Crippen molar-refractivity contribution in [3.05, 3.63) is 10.6 Å². The lowest BCUT2D eigenvalue weighted by atomic mass is 9.91. The van der Waals surface area contributed by atoms with Crippen LogP contribution in [-0.2, 0) is 10.2 Å². The molecule has 2 heterocycles. The molecule has 1 aliphatic rings. The Bertz CT molecular complexity index is 479. The summed E-state index contributed by atoms with van der Waals surface area (Å²) < 4.78 is 9.60. The number of carbonyl (C=O) groups excluding carboxylic acids is 1. The van der Waals surface area contributed by atoms with Crippen LogP contribution in [0.4, 0.5) is 0 Å². The number of halogens is 1. The fourth-order valence-electron chi connectivity index (χ4n) is 2.40. The molecule has 1 aliphatic heterocycles. The average molecular weight is 332 g/mol. The third-order valence-electron chi connectivity index (χ3n) is 3.55. The number of ether oxygens (including phenoxy) is 1. The Morgan fingerprint density at radius 1 is 1.43 bits per heavy atom. The molecule has 5 nitrogen and oxygen atoms in total. The molecule has 0 aliphatic carbocycles. The Hall–Kier alpha value is -0.720. The van der Waals surface area contributed by atoms with Crippen LogP contribution in [-0.4, -0.2) is 52.1 Å². The van der Waals surface area contributed by atoms with Crippen LogP contribution in [0.5, 0.6) is 0 Å². The lowest BCUT2D eigenvalue weighted by Crippen LogP contribution is -2.41. The van der Waals surface area contributed by atoms with E-state index in [4.69, 9.17) is 16.3 Å². The first-order valence-electron chi connectivity index (χ1n) is 7.23. The number of likely N-dealkylation sites (tertiary alicyclic amines) is 1. The predicted molar refractivity (Wildman–Crippen MR) is 84.2 cm³/mol. The molecule has 0 radical (unpaired) electrons. The smallest absolute Gasteiger partial charge is 0.267 e. The van der Waals surface area contributed by atoms with Crippen molar-refractivity contribution < 1.29 is 9.53 Å². The minimum Gasteiger partial charge on any atom is -0.377 e. The number of nitrogens with zero attached hydrogens (tertiary/aromatic N) is 3. The van der Waals surface area contributed by atoms with E-state index < -0.39 is 0 Å². The maximum Gasteiger partial charge on any atom is 0.267 e. The fourth-order valence-corrected chi connectivity index (χ4v) is 3.34. The molecule has 0 saturated carbocycles. The van der Waals surface area contributed by atoms with Gasteiger partial charge in [0.25, 0.3) is 5.91 Å².